The van der Waals surface area contributed by atoms with Crippen LogP contribution in [0.2, 0.25) is 0 Å². The van der Waals surface area contributed by atoms with Gasteiger partial charge in [-0.05, 0) is 0 Å². The number of nitrogens with two attached hydrogens (primary N) is 2. The smallest absolute Gasteiger partial charge is 0.731 e. The monoisotopic (exact) mass is 414 g/mol. The van der Waals surface area contributed by atoms with E-state index in [0.717, 1.165) is 18.4 Å². The van der Waals surface area contributed by atoms with Crippen molar-refractivity contribution in [1.82, 2.24) is 14.6 Å². The Kier molecular flexibility index (Phi) is 7.09. The molecule has 1 saturated heterocycles. The van der Waals surface area contributed by atoms with E-state index in [4.69, 9.17) is 11.5 Å². The normalized spacial score (nSPS) is 20.0. The molecule has 2 rings (SSSR count). The van der Waals surface area contributed by atoms with Gasteiger partial charge in [0.25, 0.3) is 11.8 Å². The molecule has 1 fully saturated rings. The third kappa shape index (κ3) is 4.30. The van der Waals surface area contributed by atoms with E-state index in [-0.39, 0.29) is 50.4 Å². The van der Waals surface area contributed by atoms with Gasteiger partial charge in [-0.3, -0.25) is 14.4 Å². The first kappa shape index (κ1) is 22.3. The molecule has 5 N–H and O–H groups in total. The molecule has 16 heteroatoms. The Morgan fingerprint density at radius 1 is 1.50 bits per heavy atom. The average Bonchev–Trinajstić information content (AvgIpc) is 2.91. The summed E-state index contributed by atoms with van der Waals surface area (Å²) in [5, 5.41) is 7.04. The molecule has 0 bridgehead atoms. The van der Waals surface area contributed by atoms with Gasteiger partial charge in [0, 0.05) is 5.38 Å². The van der Waals surface area contributed by atoms with Gasteiger partial charge in [-0.1, -0.05) is 5.16 Å². The number of hydrogen-bond acceptors (Lipinski definition) is 11. The first-order valence-electron chi connectivity index (χ1n) is 6.29. The average molecular weight is 414 g/mol. The number of nitrogens with zero attached hydrogens (tertiary/aromatic N) is 3. The minimum absolute atomic E-state index is 0. The van der Waals surface area contributed by atoms with E-state index in [1.54, 1.807) is 0 Å². The molecule has 2 atom stereocenters. The zero-order chi connectivity index (χ0) is 18.9. The number of nitrogens with one attached hydrogen (secondary N) is 1. The Labute approximate surface area is 172 Å². The summed E-state index contributed by atoms with van der Waals surface area (Å²) < 4.78 is 32.7. The number of nitrogen functional groups attached to an aromatic ring is 1. The largest absolute Gasteiger partial charge is 1.00 e. The molecular formula is C10H11N6NaO7S2. The Bertz CT molecular complexity index is 869. The van der Waals surface area contributed by atoms with Gasteiger partial charge in [-0.2, -0.15) is 0 Å². The molecule has 3 amide bonds. The van der Waals surface area contributed by atoms with Gasteiger partial charge in [0.1, 0.15) is 18.8 Å². The summed E-state index contributed by atoms with van der Waals surface area (Å²) in [6.45, 7) is 0. The minimum atomic E-state index is -5.26. The van der Waals surface area contributed by atoms with E-state index in [1.165, 1.54) is 5.38 Å². The molecule has 13 nitrogen and oxygen atoms in total. The second kappa shape index (κ2) is 8.28. The molecule has 1 aromatic heterocycles. The first-order chi connectivity index (χ1) is 11.6. The Morgan fingerprint density at radius 2 is 2.12 bits per heavy atom. The molecular weight excluding hydrogens is 403 g/mol. The number of anilines is 1. The number of thiazole rings is 1. The van der Waals surface area contributed by atoms with Crippen molar-refractivity contribution in [3.05, 3.63) is 11.1 Å². The molecule has 136 valence electrons. The van der Waals surface area contributed by atoms with Crippen LogP contribution in [-0.4, -0.2) is 64.9 Å². The zero-order valence-corrected chi connectivity index (χ0v) is 17.0. The van der Waals surface area contributed by atoms with Gasteiger partial charge in [-0.15, -0.1) is 11.3 Å². The molecule has 1 aliphatic heterocycles. The first-order valence-corrected chi connectivity index (χ1v) is 8.54. The predicted molar refractivity (Wildman–Crippen MR) is 81.5 cm³/mol. The molecule has 0 spiro atoms. The molecule has 26 heavy (non-hydrogen) atoms. The van der Waals surface area contributed by atoms with Crippen LogP contribution in [0.15, 0.2) is 10.5 Å². The molecule has 1 aliphatic rings. The van der Waals surface area contributed by atoms with Gasteiger partial charge in [0.2, 0.25) is 5.91 Å². The van der Waals surface area contributed by atoms with E-state index in [2.05, 4.69) is 20.3 Å². The van der Waals surface area contributed by atoms with Crippen molar-refractivity contribution >= 4 is 50.2 Å². The number of carbonyl (C=O) groups excluding carboxylic acids is 3. The van der Waals surface area contributed by atoms with Crippen molar-refractivity contribution in [3.63, 3.8) is 0 Å². The van der Waals surface area contributed by atoms with Crippen LogP contribution in [0.4, 0.5) is 5.13 Å². The van der Waals surface area contributed by atoms with Crippen LogP contribution in [0.1, 0.15) is 5.69 Å². The molecule has 0 saturated carbocycles. The summed E-state index contributed by atoms with van der Waals surface area (Å²) in [7, 11) is -4.11. The van der Waals surface area contributed by atoms with Crippen molar-refractivity contribution < 1.29 is 61.7 Å². The fourth-order valence-electron chi connectivity index (χ4n) is 2.03. The van der Waals surface area contributed by atoms with Crippen LogP contribution in [0.5, 0.6) is 0 Å². The number of carbonyl (C=O) groups is 3. The van der Waals surface area contributed by atoms with Gasteiger partial charge in [-0.25, -0.2) is 17.7 Å². The van der Waals surface area contributed by atoms with Crippen molar-refractivity contribution in [2.45, 2.75) is 12.1 Å². The number of aromatic nitrogens is 1. The van der Waals surface area contributed by atoms with Crippen molar-refractivity contribution in [1.29, 1.82) is 0 Å². The predicted octanol–water partition coefficient (Wildman–Crippen LogP) is -6.28. The number of amides is 3. The Hall–Kier alpha value is -1.78. The Morgan fingerprint density at radius 3 is 2.54 bits per heavy atom. The van der Waals surface area contributed by atoms with Crippen LogP contribution < -0.4 is 46.3 Å². The summed E-state index contributed by atoms with van der Waals surface area (Å²) in [5.41, 5.74) is 10.1. The third-order valence-corrected chi connectivity index (χ3v) is 4.60. The summed E-state index contributed by atoms with van der Waals surface area (Å²) in [5.74, 6) is -3.60. The van der Waals surface area contributed by atoms with Crippen LogP contribution >= 0.6 is 11.3 Å². The van der Waals surface area contributed by atoms with Gasteiger partial charge < -0.3 is 26.2 Å². The molecule has 0 radical (unpaired) electrons. The fourth-order valence-corrected chi connectivity index (χ4v) is 3.42. The maximum absolute atomic E-state index is 12.3. The van der Waals surface area contributed by atoms with Crippen molar-refractivity contribution in [2.75, 3.05) is 12.8 Å². The van der Waals surface area contributed by atoms with Crippen LogP contribution in [-0.2, 0) is 29.5 Å². The molecule has 1 aromatic rings. The molecule has 2 heterocycles. The van der Waals surface area contributed by atoms with E-state index in [9.17, 15) is 27.4 Å². The molecule has 0 aliphatic carbocycles. The second-order valence-corrected chi connectivity index (χ2v) is 6.72. The number of rotatable bonds is 6. The van der Waals surface area contributed by atoms with E-state index in [1.807, 2.05) is 0 Å². The second-order valence-electron chi connectivity index (χ2n) is 4.58. The number of oxime groups is 1. The minimum Gasteiger partial charge on any atom is -0.731 e. The quantitative estimate of drug-likeness (QED) is 0.133. The van der Waals surface area contributed by atoms with Crippen LogP contribution in [0.25, 0.3) is 0 Å². The molecule has 0 unspecified atom stereocenters. The summed E-state index contributed by atoms with van der Waals surface area (Å²) in [6.07, 6.45) is 0. The summed E-state index contributed by atoms with van der Waals surface area (Å²) in [4.78, 5) is 43.7. The van der Waals surface area contributed by atoms with E-state index >= 15 is 0 Å². The number of primary amides is 1. The SMILES string of the molecule is CO/N=C(\C(=O)N[C@@H]1C(=O)N(S(=O)(=O)[O-])[C@@H]1C(N)=O)c1csc(N)n1.[Na+]. The third-order valence-electron chi connectivity index (χ3n) is 3.03. The molecule has 0 aromatic carbocycles. The van der Waals surface area contributed by atoms with Crippen molar-refractivity contribution in [3.8, 4) is 0 Å². The topological polar surface area (TPSA) is 210 Å². The van der Waals surface area contributed by atoms with E-state index < -0.39 is 40.1 Å². The summed E-state index contributed by atoms with van der Waals surface area (Å²) in [6, 6.07) is -3.49. The van der Waals surface area contributed by atoms with Gasteiger partial charge >= 0.3 is 29.6 Å². The standard InChI is InChI=1S/C10H12N6O7S2.Na/c1-23-15-4(3-2-24-10(12)13-3)8(18)14-5-6(7(11)17)16(9(5)19)25(20,21)22;/h2,5-6H,1H3,(H2,11,17)(H2,12,13)(H,14,18)(H,20,21,22);/q;+1/p-1/b15-4-;/t5-,6-;/m0./s1. The van der Waals surface area contributed by atoms with Crippen LogP contribution in [0, 0.1) is 0 Å². The fraction of sp³-hybridized carbons (Fsp3) is 0.300. The maximum atomic E-state index is 12.3. The number of hydrogen-bond donors (Lipinski definition) is 3. The van der Waals surface area contributed by atoms with Crippen molar-refractivity contribution in [2.24, 2.45) is 10.9 Å². The van der Waals surface area contributed by atoms with Gasteiger partial charge in [0.05, 0.1) is 0 Å². The van der Waals surface area contributed by atoms with Crippen LogP contribution in [0.3, 0.4) is 0 Å². The maximum Gasteiger partial charge on any atom is 1.00 e. The van der Waals surface area contributed by atoms with E-state index in [0.29, 0.717) is 0 Å². The number of β-lactam (4-membered cyclic amide) rings is 1. The zero-order valence-electron chi connectivity index (χ0n) is 13.4. The van der Waals surface area contributed by atoms with Gasteiger partial charge in [0.15, 0.2) is 27.2 Å². The summed E-state index contributed by atoms with van der Waals surface area (Å²) >= 11 is 1.00. The Balaban J connectivity index is 0.00000338.